The van der Waals surface area contributed by atoms with Crippen molar-refractivity contribution in [3.63, 3.8) is 0 Å². The van der Waals surface area contributed by atoms with Crippen molar-refractivity contribution in [1.29, 1.82) is 0 Å². The lowest BCUT2D eigenvalue weighted by atomic mass is 9.63. The first-order chi connectivity index (χ1) is 8.14. The monoisotopic (exact) mass is 270 g/mol. The van der Waals surface area contributed by atoms with Crippen LogP contribution in [0.5, 0.6) is 0 Å². The Labute approximate surface area is 110 Å². The van der Waals surface area contributed by atoms with Gasteiger partial charge in [0.25, 0.3) is 0 Å². The molecule has 0 bridgehead atoms. The van der Waals surface area contributed by atoms with E-state index in [1.165, 1.54) is 20.8 Å². The van der Waals surface area contributed by atoms with E-state index >= 15 is 0 Å². The van der Waals surface area contributed by atoms with E-state index in [0.29, 0.717) is 10.6 Å². The van der Waals surface area contributed by atoms with E-state index in [-0.39, 0.29) is 0 Å². The molecule has 0 amide bonds. The molecule has 0 aliphatic rings. The molecule has 1 unspecified atom stereocenters. The van der Waals surface area contributed by atoms with Crippen LogP contribution < -0.4 is 0 Å². The Morgan fingerprint density at radius 2 is 1.44 bits per heavy atom. The fourth-order valence-electron chi connectivity index (χ4n) is 1.75. The van der Waals surface area contributed by atoms with Crippen LogP contribution in [0.25, 0.3) is 0 Å². The molecule has 0 aliphatic heterocycles. The normalized spacial score (nSPS) is 14.9. The Morgan fingerprint density at radius 3 is 1.78 bits per heavy atom. The Bertz CT molecular complexity index is 478. The van der Waals surface area contributed by atoms with Crippen LogP contribution in [0, 0.1) is 5.41 Å². The van der Waals surface area contributed by atoms with Gasteiger partial charge in [-0.15, -0.1) is 0 Å². The number of benzene rings is 1. The number of carboxylic acids is 2. The summed E-state index contributed by atoms with van der Waals surface area (Å²) >= 11 is 5.75. The fraction of sp³-hybridized carbons (Fsp3) is 0.385. The molecule has 0 radical (unpaired) electrons. The lowest BCUT2D eigenvalue weighted by Gasteiger charge is -2.37. The summed E-state index contributed by atoms with van der Waals surface area (Å²) in [5, 5.41) is 19.2. The highest BCUT2D eigenvalue weighted by Crippen LogP contribution is 2.42. The van der Waals surface area contributed by atoms with E-state index in [1.54, 1.807) is 24.3 Å². The molecule has 0 heterocycles. The fourth-order valence-corrected chi connectivity index (χ4v) is 1.87. The SMILES string of the molecule is CC(C)(C(=O)O)C(C)(C(=O)O)c1ccc(Cl)cc1. The van der Waals surface area contributed by atoms with Gasteiger partial charge in [-0.3, -0.25) is 9.59 Å². The third-order valence-electron chi connectivity index (χ3n) is 3.63. The van der Waals surface area contributed by atoms with Gasteiger partial charge in [0.2, 0.25) is 0 Å². The summed E-state index contributed by atoms with van der Waals surface area (Å²) in [5.41, 5.74) is -2.58. The molecule has 0 saturated heterocycles. The lowest BCUT2D eigenvalue weighted by Crippen LogP contribution is -2.50. The van der Waals surface area contributed by atoms with Gasteiger partial charge >= 0.3 is 11.9 Å². The molecule has 0 fully saturated rings. The summed E-state index contributed by atoms with van der Waals surface area (Å²) in [5.74, 6) is -2.35. The molecular formula is C13H15ClO4. The van der Waals surface area contributed by atoms with Crippen LogP contribution in [0.4, 0.5) is 0 Å². The highest BCUT2D eigenvalue weighted by Gasteiger charge is 2.53. The van der Waals surface area contributed by atoms with Gasteiger partial charge in [0, 0.05) is 5.02 Å². The highest BCUT2D eigenvalue weighted by molar-refractivity contribution is 6.30. The maximum absolute atomic E-state index is 11.6. The molecule has 0 aliphatic carbocycles. The van der Waals surface area contributed by atoms with Crippen molar-refractivity contribution in [3.8, 4) is 0 Å². The van der Waals surface area contributed by atoms with Crippen molar-refractivity contribution in [3.05, 3.63) is 34.9 Å². The van der Waals surface area contributed by atoms with Crippen molar-refractivity contribution < 1.29 is 19.8 Å². The van der Waals surface area contributed by atoms with Gasteiger partial charge in [-0.2, -0.15) is 0 Å². The van der Waals surface area contributed by atoms with Gasteiger partial charge in [-0.1, -0.05) is 23.7 Å². The Kier molecular flexibility index (Phi) is 3.72. The Hall–Kier alpha value is -1.55. The Morgan fingerprint density at radius 1 is 1.00 bits per heavy atom. The molecule has 4 nitrogen and oxygen atoms in total. The molecule has 98 valence electrons. The van der Waals surface area contributed by atoms with Gasteiger partial charge < -0.3 is 10.2 Å². The topological polar surface area (TPSA) is 74.6 Å². The quantitative estimate of drug-likeness (QED) is 0.882. The van der Waals surface area contributed by atoms with Crippen LogP contribution in [0.3, 0.4) is 0 Å². The van der Waals surface area contributed by atoms with Gasteiger partial charge in [0.1, 0.15) is 5.41 Å². The van der Waals surface area contributed by atoms with Crippen molar-refractivity contribution in [1.82, 2.24) is 0 Å². The van der Waals surface area contributed by atoms with Gasteiger partial charge in [0.05, 0.1) is 5.41 Å². The van der Waals surface area contributed by atoms with Crippen LogP contribution in [0.15, 0.2) is 24.3 Å². The first-order valence-corrected chi connectivity index (χ1v) is 5.74. The molecule has 1 aromatic carbocycles. The van der Waals surface area contributed by atoms with E-state index in [1.807, 2.05) is 0 Å². The van der Waals surface area contributed by atoms with Crippen LogP contribution in [0.1, 0.15) is 26.3 Å². The summed E-state index contributed by atoms with van der Waals surface area (Å²) in [6.07, 6.45) is 0. The summed E-state index contributed by atoms with van der Waals surface area (Å²) in [6, 6.07) is 6.19. The summed E-state index contributed by atoms with van der Waals surface area (Å²) in [4.78, 5) is 22.9. The van der Waals surface area contributed by atoms with E-state index in [0.717, 1.165) is 0 Å². The third-order valence-corrected chi connectivity index (χ3v) is 3.89. The maximum atomic E-state index is 11.6. The predicted molar refractivity (Wildman–Crippen MR) is 67.9 cm³/mol. The second-order valence-electron chi connectivity index (χ2n) is 4.87. The average molecular weight is 271 g/mol. The van der Waals surface area contributed by atoms with Gasteiger partial charge in [-0.25, -0.2) is 0 Å². The van der Waals surface area contributed by atoms with E-state index in [4.69, 9.17) is 11.6 Å². The van der Waals surface area contributed by atoms with E-state index < -0.39 is 22.8 Å². The zero-order valence-corrected chi connectivity index (χ0v) is 11.2. The zero-order valence-electron chi connectivity index (χ0n) is 10.4. The van der Waals surface area contributed by atoms with Crippen molar-refractivity contribution >= 4 is 23.5 Å². The summed E-state index contributed by atoms with van der Waals surface area (Å²) < 4.78 is 0. The first kappa shape index (κ1) is 14.5. The van der Waals surface area contributed by atoms with Crippen LogP contribution >= 0.6 is 11.6 Å². The number of rotatable bonds is 4. The molecule has 18 heavy (non-hydrogen) atoms. The maximum Gasteiger partial charge on any atom is 0.314 e. The molecular weight excluding hydrogens is 256 g/mol. The number of halogens is 1. The van der Waals surface area contributed by atoms with Crippen molar-refractivity contribution in [2.75, 3.05) is 0 Å². The molecule has 2 N–H and O–H groups in total. The van der Waals surface area contributed by atoms with E-state index in [2.05, 4.69) is 0 Å². The molecule has 5 heteroatoms. The van der Waals surface area contributed by atoms with Crippen LogP contribution in [0.2, 0.25) is 5.02 Å². The summed E-state index contributed by atoms with van der Waals surface area (Å²) in [7, 11) is 0. The van der Waals surface area contributed by atoms with Crippen LogP contribution in [-0.2, 0) is 15.0 Å². The third kappa shape index (κ3) is 2.08. The minimum atomic E-state index is -1.54. The van der Waals surface area contributed by atoms with Crippen molar-refractivity contribution in [2.45, 2.75) is 26.2 Å². The highest BCUT2D eigenvalue weighted by atomic mass is 35.5. The predicted octanol–water partition coefficient (Wildman–Crippen LogP) is 2.79. The minimum Gasteiger partial charge on any atom is -0.481 e. The number of aliphatic carboxylic acids is 2. The average Bonchev–Trinajstić information content (AvgIpc) is 2.28. The number of hydrogen-bond donors (Lipinski definition) is 2. The second-order valence-corrected chi connectivity index (χ2v) is 5.30. The molecule has 0 spiro atoms. The Balaban J connectivity index is 3.46. The molecule has 0 saturated carbocycles. The summed E-state index contributed by atoms with van der Waals surface area (Å²) in [6.45, 7) is 4.21. The zero-order chi connectivity index (χ0) is 14.1. The minimum absolute atomic E-state index is 0.409. The standard InChI is InChI=1S/C13H15ClO4/c1-12(2,10(15)16)13(3,11(17)18)8-4-6-9(14)7-5-8/h4-7H,1-3H3,(H,15,16)(H,17,18). The first-order valence-electron chi connectivity index (χ1n) is 5.37. The van der Waals surface area contributed by atoms with Crippen molar-refractivity contribution in [2.24, 2.45) is 5.41 Å². The lowest BCUT2D eigenvalue weighted by molar-refractivity contribution is -0.162. The smallest absolute Gasteiger partial charge is 0.314 e. The van der Waals surface area contributed by atoms with Gasteiger partial charge in [0.15, 0.2) is 0 Å². The molecule has 1 atom stereocenters. The largest absolute Gasteiger partial charge is 0.481 e. The molecule has 1 aromatic rings. The van der Waals surface area contributed by atoms with E-state index in [9.17, 15) is 19.8 Å². The number of hydrogen-bond acceptors (Lipinski definition) is 2. The second kappa shape index (κ2) is 4.61. The molecule has 0 aromatic heterocycles. The van der Waals surface area contributed by atoms with Gasteiger partial charge in [-0.05, 0) is 38.5 Å². The van der Waals surface area contributed by atoms with Crippen LogP contribution in [-0.4, -0.2) is 22.2 Å². The number of carboxylic acid groups (broad SMARTS) is 2. The number of carbonyl (C=O) groups is 2. The molecule has 1 rings (SSSR count).